The highest BCUT2D eigenvalue weighted by Crippen LogP contribution is 2.25. The van der Waals surface area contributed by atoms with Crippen molar-refractivity contribution in [3.8, 4) is 11.5 Å². The van der Waals surface area contributed by atoms with Crippen molar-refractivity contribution in [3.63, 3.8) is 0 Å². The largest absolute Gasteiger partial charge is 0.457 e. The normalized spacial score (nSPS) is 11.6. The third-order valence-electron chi connectivity index (χ3n) is 3.75. The van der Waals surface area contributed by atoms with Gasteiger partial charge in [0.1, 0.15) is 17.3 Å². The zero-order chi connectivity index (χ0) is 17.6. The van der Waals surface area contributed by atoms with Crippen LogP contribution in [0.1, 0.15) is 18.4 Å². The number of amides is 1. The van der Waals surface area contributed by atoms with Crippen molar-refractivity contribution in [2.45, 2.75) is 12.8 Å². The quantitative estimate of drug-likeness (QED) is 0.731. The Labute approximate surface area is 145 Å². The van der Waals surface area contributed by atoms with Gasteiger partial charge < -0.3 is 10.1 Å². The van der Waals surface area contributed by atoms with Gasteiger partial charge in [-0.15, -0.1) is 0 Å². The van der Waals surface area contributed by atoms with E-state index in [-0.39, 0.29) is 17.6 Å². The van der Waals surface area contributed by atoms with Gasteiger partial charge in [0, 0.05) is 24.1 Å². The van der Waals surface area contributed by atoms with Crippen LogP contribution in [0.5, 0.6) is 11.5 Å². The number of nitrogens with zero attached hydrogens (tertiary/aromatic N) is 1. The molecule has 0 spiro atoms. The van der Waals surface area contributed by atoms with Crippen LogP contribution in [0.25, 0.3) is 0 Å². The lowest BCUT2D eigenvalue weighted by Gasteiger charge is -2.13. The molecule has 0 radical (unpaired) electrons. The number of hydrogen-bond acceptors (Lipinski definition) is 3. The van der Waals surface area contributed by atoms with Crippen LogP contribution in [0.15, 0.2) is 73.1 Å². The topological polar surface area (TPSA) is 51.2 Å². The Morgan fingerprint density at radius 2 is 1.76 bits per heavy atom. The number of nitrogens with one attached hydrogen (secondary N) is 1. The van der Waals surface area contributed by atoms with E-state index in [1.165, 1.54) is 12.1 Å². The predicted octanol–water partition coefficient (Wildman–Crippen LogP) is 4.76. The maximum Gasteiger partial charge on any atom is 0.231 e. The first kappa shape index (κ1) is 16.6. The van der Waals surface area contributed by atoms with Crippen LogP contribution in [-0.2, 0) is 4.79 Å². The van der Waals surface area contributed by atoms with Gasteiger partial charge in [-0.3, -0.25) is 9.78 Å². The Hall–Kier alpha value is -3.21. The molecule has 1 N–H and O–H groups in total. The van der Waals surface area contributed by atoms with Gasteiger partial charge in [0.25, 0.3) is 0 Å². The molecule has 2 aromatic carbocycles. The Kier molecular flexibility index (Phi) is 5.04. The number of carbonyl (C=O) groups is 1. The maximum atomic E-state index is 13.2. The van der Waals surface area contributed by atoms with Gasteiger partial charge in [-0.1, -0.05) is 18.2 Å². The van der Waals surface area contributed by atoms with Crippen LogP contribution in [0.2, 0.25) is 0 Å². The molecule has 0 aliphatic rings. The zero-order valence-electron chi connectivity index (χ0n) is 13.6. The summed E-state index contributed by atoms with van der Waals surface area (Å²) in [6.07, 6.45) is 3.25. The number of anilines is 1. The minimum atomic E-state index is -0.351. The second-order valence-electron chi connectivity index (χ2n) is 5.58. The molecule has 0 aliphatic heterocycles. The number of pyridine rings is 1. The van der Waals surface area contributed by atoms with Crippen molar-refractivity contribution in [2.75, 3.05) is 5.32 Å². The third-order valence-corrected chi connectivity index (χ3v) is 3.75. The molecule has 1 unspecified atom stereocenters. The van der Waals surface area contributed by atoms with Crippen LogP contribution >= 0.6 is 0 Å². The molecular weight excluding hydrogens is 319 g/mol. The molecule has 1 heterocycles. The minimum absolute atomic E-state index is 0.106. The van der Waals surface area contributed by atoms with E-state index in [0.29, 0.717) is 17.2 Å². The standard InChI is InChI=1S/C20H17FN2O2/c1-14(20(24)23-17-9-11-22-12-10-17)15-5-7-18(8-6-15)25-19-4-2-3-16(21)13-19/h2-14H,1H3,(H,22,23,24). The summed E-state index contributed by atoms with van der Waals surface area (Å²) in [5, 5.41) is 2.85. The average Bonchev–Trinajstić information content (AvgIpc) is 2.62. The van der Waals surface area contributed by atoms with E-state index < -0.39 is 0 Å². The first-order chi connectivity index (χ1) is 12.1. The Balaban J connectivity index is 1.66. The molecule has 1 aromatic heterocycles. The molecule has 0 bridgehead atoms. The van der Waals surface area contributed by atoms with E-state index in [0.717, 1.165) is 5.56 Å². The van der Waals surface area contributed by atoms with E-state index in [4.69, 9.17) is 4.74 Å². The summed E-state index contributed by atoms with van der Waals surface area (Å²) < 4.78 is 18.8. The van der Waals surface area contributed by atoms with E-state index in [1.807, 2.05) is 19.1 Å². The van der Waals surface area contributed by atoms with Crippen molar-refractivity contribution in [3.05, 3.63) is 84.4 Å². The lowest BCUT2D eigenvalue weighted by Crippen LogP contribution is -2.18. The van der Waals surface area contributed by atoms with Gasteiger partial charge in [0.2, 0.25) is 5.91 Å². The first-order valence-corrected chi connectivity index (χ1v) is 7.86. The van der Waals surface area contributed by atoms with Crippen LogP contribution in [0.3, 0.4) is 0 Å². The van der Waals surface area contributed by atoms with E-state index in [2.05, 4.69) is 10.3 Å². The van der Waals surface area contributed by atoms with E-state index >= 15 is 0 Å². The van der Waals surface area contributed by atoms with Gasteiger partial charge >= 0.3 is 0 Å². The lowest BCUT2D eigenvalue weighted by atomic mass is 10.0. The summed E-state index contributed by atoms with van der Waals surface area (Å²) in [5.74, 6) is 0.226. The van der Waals surface area contributed by atoms with Crippen molar-refractivity contribution in [1.82, 2.24) is 4.98 Å². The van der Waals surface area contributed by atoms with Crippen molar-refractivity contribution >= 4 is 11.6 Å². The highest BCUT2D eigenvalue weighted by atomic mass is 19.1. The number of carbonyl (C=O) groups excluding carboxylic acids is 1. The average molecular weight is 336 g/mol. The van der Waals surface area contributed by atoms with Gasteiger partial charge in [-0.05, 0) is 48.9 Å². The van der Waals surface area contributed by atoms with Crippen LogP contribution in [-0.4, -0.2) is 10.9 Å². The van der Waals surface area contributed by atoms with Crippen LogP contribution in [0.4, 0.5) is 10.1 Å². The van der Waals surface area contributed by atoms with Gasteiger partial charge in [-0.25, -0.2) is 4.39 Å². The molecule has 0 aliphatic carbocycles. The minimum Gasteiger partial charge on any atom is -0.457 e. The second-order valence-corrected chi connectivity index (χ2v) is 5.58. The number of ether oxygens (including phenoxy) is 1. The number of halogens is 1. The molecule has 5 heteroatoms. The molecule has 0 saturated heterocycles. The highest BCUT2D eigenvalue weighted by Gasteiger charge is 2.15. The molecule has 3 rings (SSSR count). The van der Waals surface area contributed by atoms with Gasteiger partial charge in [0.15, 0.2) is 0 Å². The summed E-state index contributed by atoms with van der Waals surface area (Å²) in [6, 6.07) is 16.6. The predicted molar refractivity (Wildman–Crippen MR) is 94.2 cm³/mol. The summed E-state index contributed by atoms with van der Waals surface area (Å²) in [7, 11) is 0. The monoisotopic (exact) mass is 336 g/mol. The van der Waals surface area contributed by atoms with Crippen molar-refractivity contribution < 1.29 is 13.9 Å². The van der Waals surface area contributed by atoms with E-state index in [9.17, 15) is 9.18 Å². The fraction of sp³-hybridized carbons (Fsp3) is 0.100. The lowest BCUT2D eigenvalue weighted by molar-refractivity contribution is -0.117. The molecule has 4 nitrogen and oxygen atoms in total. The molecule has 0 fully saturated rings. The molecular formula is C20H17FN2O2. The molecule has 1 atom stereocenters. The SMILES string of the molecule is CC(C(=O)Nc1ccncc1)c1ccc(Oc2cccc(F)c2)cc1. The Morgan fingerprint density at radius 1 is 1.04 bits per heavy atom. The van der Waals surface area contributed by atoms with Gasteiger partial charge in [0.05, 0.1) is 5.92 Å². The van der Waals surface area contributed by atoms with E-state index in [1.54, 1.807) is 48.8 Å². The number of hydrogen-bond donors (Lipinski definition) is 1. The molecule has 1 amide bonds. The molecule has 126 valence electrons. The van der Waals surface area contributed by atoms with Crippen molar-refractivity contribution in [2.24, 2.45) is 0 Å². The molecule has 25 heavy (non-hydrogen) atoms. The summed E-state index contributed by atoms with van der Waals surface area (Å²) in [5.41, 5.74) is 1.57. The summed E-state index contributed by atoms with van der Waals surface area (Å²) in [6.45, 7) is 1.83. The molecule has 0 saturated carbocycles. The second kappa shape index (κ2) is 7.57. The fourth-order valence-electron chi connectivity index (χ4n) is 2.33. The van der Waals surface area contributed by atoms with Crippen LogP contribution in [0, 0.1) is 5.82 Å². The van der Waals surface area contributed by atoms with Crippen LogP contribution < -0.4 is 10.1 Å². The number of aromatic nitrogens is 1. The first-order valence-electron chi connectivity index (χ1n) is 7.86. The molecule has 3 aromatic rings. The third kappa shape index (κ3) is 4.41. The number of rotatable bonds is 5. The zero-order valence-corrected chi connectivity index (χ0v) is 13.6. The highest BCUT2D eigenvalue weighted by molar-refractivity contribution is 5.95. The summed E-state index contributed by atoms with van der Waals surface area (Å²) >= 11 is 0. The smallest absolute Gasteiger partial charge is 0.231 e. The van der Waals surface area contributed by atoms with Gasteiger partial charge in [-0.2, -0.15) is 0 Å². The number of benzene rings is 2. The summed E-state index contributed by atoms with van der Waals surface area (Å²) in [4.78, 5) is 16.2. The maximum absolute atomic E-state index is 13.2. The fourth-order valence-corrected chi connectivity index (χ4v) is 2.33. The Morgan fingerprint density at radius 3 is 2.44 bits per heavy atom. The van der Waals surface area contributed by atoms with Crippen molar-refractivity contribution in [1.29, 1.82) is 0 Å². The Bertz CT molecular complexity index is 851.